The number of rotatable bonds is 4. The smallest absolute Gasteiger partial charge is 0.388 e. The molecule has 29 heavy (non-hydrogen) atoms. The standard InChI is InChI=1S/C17H18F3N5O3S/c1-3-29(26,27)16-14(23-12-6-4-5-7-25(12)16)15-22-10-8-13(28-17(18,19)20)21-9-11(10)24(15)2/h8-9H,3-7H2,1-2H3. The molecule has 12 heteroatoms. The van der Waals surface area contributed by atoms with Crippen molar-refractivity contribution < 1.29 is 26.3 Å². The second kappa shape index (κ2) is 6.71. The molecule has 0 saturated carbocycles. The molecule has 0 spiro atoms. The zero-order chi connectivity index (χ0) is 21.0. The Morgan fingerprint density at radius 2 is 2.00 bits per heavy atom. The van der Waals surface area contributed by atoms with Crippen molar-refractivity contribution >= 4 is 20.9 Å². The Bertz CT molecular complexity index is 1200. The second-order valence-electron chi connectivity index (χ2n) is 6.75. The van der Waals surface area contributed by atoms with Crippen molar-refractivity contribution in [2.24, 2.45) is 7.05 Å². The lowest BCUT2D eigenvalue weighted by molar-refractivity contribution is -0.276. The van der Waals surface area contributed by atoms with Crippen LogP contribution >= 0.6 is 0 Å². The Labute approximate surface area is 164 Å². The van der Waals surface area contributed by atoms with Gasteiger partial charge in [0.25, 0.3) is 0 Å². The Balaban J connectivity index is 1.91. The number of hydrogen-bond donors (Lipinski definition) is 0. The van der Waals surface area contributed by atoms with Gasteiger partial charge in [-0.25, -0.2) is 23.4 Å². The Kier molecular flexibility index (Phi) is 4.56. The van der Waals surface area contributed by atoms with Crippen molar-refractivity contribution in [3.8, 4) is 17.4 Å². The summed E-state index contributed by atoms with van der Waals surface area (Å²) in [6.45, 7) is 2.10. The summed E-state index contributed by atoms with van der Waals surface area (Å²) in [5.41, 5.74) is 0.837. The van der Waals surface area contributed by atoms with Crippen LogP contribution in [-0.4, -0.2) is 44.6 Å². The van der Waals surface area contributed by atoms with E-state index in [1.165, 1.54) is 6.20 Å². The first-order valence-corrected chi connectivity index (χ1v) is 10.7. The average Bonchev–Trinajstić information content (AvgIpc) is 3.18. The summed E-state index contributed by atoms with van der Waals surface area (Å²) < 4.78 is 70.2. The first-order chi connectivity index (χ1) is 13.6. The van der Waals surface area contributed by atoms with Gasteiger partial charge in [-0.05, 0) is 12.8 Å². The minimum Gasteiger partial charge on any atom is -0.388 e. The van der Waals surface area contributed by atoms with Crippen molar-refractivity contribution in [3.63, 3.8) is 0 Å². The molecule has 0 radical (unpaired) electrons. The third-order valence-electron chi connectivity index (χ3n) is 4.88. The topological polar surface area (TPSA) is 91.9 Å². The molecule has 0 atom stereocenters. The van der Waals surface area contributed by atoms with Gasteiger partial charge < -0.3 is 13.9 Å². The van der Waals surface area contributed by atoms with E-state index < -0.39 is 22.1 Å². The van der Waals surface area contributed by atoms with Crippen LogP contribution in [0.25, 0.3) is 22.6 Å². The maximum absolute atomic E-state index is 12.8. The minimum absolute atomic E-state index is 0.0970. The lowest BCUT2D eigenvalue weighted by Crippen LogP contribution is -2.17. The summed E-state index contributed by atoms with van der Waals surface area (Å²) in [4.78, 5) is 12.6. The zero-order valence-electron chi connectivity index (χ0n) is 15.7. The van der Waals surface area contributed by atoms with E-state index in [1.807, 2.05) is 0 Å². The molecule has 0 N–H and O–H groups in total. The zero-order valence-corrected chi connectivity index (χ0v) is 16.5. The number of halogens is 3. The van der Waals surface area contributed by atoms with Gasteiger partial charge in [0.2, 0.25) is 5.88 Å². The van der Waals surface area contributed by atoms with Crippen molar-refractivity contribution in [1.82, 2.24) is 24.1 Å². The van der Waals surface area contributed by atoms with Crippen molar-refractivity contribution in [3.05, 3.63) is 18.1 Å². The summed E-state index contributed by atoms with van der Waals surface area (Å²) in [6.07, 6.45) is -1.26. The second-order valence-corrected chi connectivity index (χ2v) is 8.94. The highest BCUT2D eigenvalue weighted by Crippen LogP contribution is 2.33. The fraction of sp³-hybridized carbons (Fsp3) is 0.471. The molecular weight excluding hydrogens is 411 g/mol. The normalized spacial score (nSPS) is 14.9. The number of aryl methyl sites for hydroxylation is 2. The molecule has 4 rings (SSSR count). The van der Waals surface area contributed by atoms with Gasteiger partial charge in [0.1, 0.15) is 11.5 Å². The number of alkyl halides is 3. The Morgan fingerprint density at radius 1 is 1.24 bits per heavy atom. The van der Waals surface area contributed by atoms with Crippen molar-refractivity contribution in [2.45, 2.75) is 44.1 Å². The van der Waals surface area contributed by atoms with E-state index in [2.05, 4.69) is 19.7 Å². The van der Waals surface area contributed by atoms with Crippen LogP contribution in [0.3, 0.4) is 0 Å². The van der Waals surface area contributed by atoms with E-state index in [1.54, 1.807) is 23.1 Å². The molecule has 1 aliphatic rings. The molecule has 8 nitrogen and oxygen atoms in total. The summed E-state index contributed by atoms with van der Waals surface area (Å²) in [6, 6.07) is 1.07. The summed E-state index contributed by atoms with van der Waals surface area (Å²) >= 11 is 0. The Morgan fingerprint density at radius 3 is 2.69 bits per heavy atom. The van der Waals surface area contributed by atoms with E-state index in [9.17, 15) is 21.6 Å². The average molecular weight is 429 g/mol. The van der Waals surface area contributed by atoms with Crippen molar-refractivity contribution in [1.29, 1.82) is 0 Å². The fourth-order valence-electron chi connectivity index (χ4n) is 3.51. The van der Waals surface area contributed by atoms with Crippen molar-refractivity contribution in [2.75, 3.05) is 5.75 Å². The molecule has 0 unspecified atom stereocenters. The lowest BCUT2D eigenvalue weighted by atomic mass is 10.2. The van der Waals surface area contributed by atoms with Gasteiger partial charge in [0.15, 0.2) is 20.7 Å². The summed E-state index contributed by atoms with van der Waals surface area (Å²) in [5.74, 6) is 0.185. The third kappa shape index (κ3) is 3.45. The molecule has 0 bridgehead atoms. The van der Waals surface area contributed by atoms with E-state index in [-0.39, 0.29) is 27.8 Å². The van der Waals surface area contributed by atoms with Gasteiger partial charge in [-0.2, -0.15) is 0 Å². The maximum Gasteiger partial charge on any atom is 0.574 e. The molecule has 0 amide bonds. The largest absolute Gasteiger partial charge is 0.574 e. The molecule has 0 fully saturated rings. The number of fused-ring (bicyclic) bond motifs is 2. The van der Waals surface area contributed by atoms with Crippen LogP contribution in [0, 0.1) is 0 Å². The predicted octanol–water partition coefficient (Wildman–Crippen LogP) is 2.86. The van der Waals surface area contributed by atoms with Crippen LogP contribution in [0.15, 0.2) is 17.3 Å². The van der Waals surface area contributed by atoms with Gasteiger partial charge >= 0.3 is 6.36 Å². The number of imidazole rings is 2. The van der Waals surface area contributed by atoms with Crippen LogP contribution in [0.1, 0.15) is 25.6 Å². The number of sulfone groups is 1. The lowest BCUT2D eigenvalue weighted by Gasteiger charge is -2.16. The highest BCUT2D eigenvalue weighted by molar-refractivity contribution is 7.91. The Hall–Kier alpha value is -2.63. The van der Waals surface area contributed by atoms with Gasteiger partial charge in [0.05, 0.1) is 23.0 Å². The van der Waals surface area contributed by atoms with E-state index in [0.717, 1.165) is 18.9 Å². The number of pyridine rings is 1. The highest BCUT2D eigenvalue weighted by atomic mass is 32.2. The monoisotopic (exact) mass is 429 g/mol. The van der Waals surface area contributed by atoms with Gasteiger partial charge in [0, 0.05) is 26.1 Å². The number of hydrogen-bond acceptors (Lipinski definition) is 6. The van der Waals surface area contributed by atoms with Gasteiger partial charge in [-0.15, -0.1) is 13.2 Å². The molecule has 3 aromatic rings. The maximum atomic E-state index is 12.8. The molecule has 4 heterocycles. The summed E-state index contributed by atoms with van der Waals surface area (Å²) in [5, 5.41) is 0.104. The predicted molar refractivity (Wildman–Crippen MR) is 97.1 cm³/mol. The molecule has 156 valence electrons. The number of aromatic nitrogens is 5. The SMILES string of the molecule is CCS(=O)(=O)c1c(-c2nc3cc(OC(F)(F)F)ncc3n2C)nc2n1CCCC2. The van der Waals surface area contributed by atoms with Gasteiger partial charge in [-0.1, -0.05) is 6.92 Å². The molecular formula is C17H18F3N5O3S. The van der Waals surface area contributed by atoms with Gasteiger partial charge in [-0.3, -0.25) is 0 Å². The van der Waals surface area contributed by atoms with Crippen LogP contribution in [0.5, 0.6) is 5.88 Å². The van der Waals surface area contributed by atoms with E-state index >= 15 is 0 Å². The van der Waals surface area contributed by atoms with E-state index in [4.69, 9.17) is 0 Å². The van der Waals surface area contributed by atoms with Crippen LogP contribution in [0.4, 0.5) is 13.2 Å². The molecule has 1 aliphatic heterocycles. The van der Waals surface area contributed by atoms with Crippen LogP contribution in [-0.2, 0) is 29.9 Å². The molecule has 0 saturated heterocycles. The summed E-state index contributed by atoms with van der Waals surface area (Å²) in [7, 11) is -1.97. The number of ether oxygens (including phenoxy) is 1. The fourth-order valence-corrected chi connectivity index (χ4v) is 4.75. The third-order valence-corrected chi connectivity index (χ3v) is 6.64. The van der Waals surface area contributed by atoms with E-state index in [0.29, 0.717) is 24.3 Å². The minimum atomic E-state index is -4.87. The number of nitrogens with zero attached hydrogens (tertiary/aromatic N) is 5. The van der Waals surface area contributed by atoms with Crippen LogP contribution < -0.4 is 4.74 Å². The highest BCUT2D eigenvalue weighted by Gasteiger charge is 2.33. The first-order valence-electron chi connectivity index (χ1n) is 9.01. The quantitative estimate of drug-likeness (QED) is 0.633. The first kappa shape index (κ1) is 19.7. The molecule has 0 aromatic carbocycles. The van der Waals surface area contributed by atoms with Crippen LogP contribution in [0.2, 0.25) is 0 Å². The molecule has 3 aromatic heterocycles. The molecule has 0 aliphatic carbocycles.